The van der Waals surface area contributed by atoms with Crippen LogP contribution in [0.4, 0.5) is 0 Å². The minimum absolute atomic E-state index is 0.460. The Balaban J connectivity index is 2.06. The minimum Gasteiger partial charge on any atom is -0.366 e. The van der Waals surface area contributed by atoms with E-state index in [0.29, 0.717) is 22.2 Å². The summed E-state index contributed by atoms with van der Waals surface area (Å²) in [6.45, 7) is 0.485. The van der Waals surface area contributed by atoms with E-state index in [-0.39, 0.29) is 0 Å². The summed E-state index contributed by atoms with van der Waals surface area (Å²) in [4.78, 5) is 11.9. The van der Waals surface area contributed by atoms with Crippen molar-refractivity contribution in [2.75, 3.05) is 0 Å². The van der Waals surface area contributed by atoms with Crippen LogP contribution in [0.25, 0.3) is 21.8 Å². The van der Waals surface area contributed by atoms with Crippen molar-refractivity contribution in [1.29, 1.82) is 0 Å². The molecule has 1 radical (unpaired) electrons. The van der Waals surface area contributed by atoms with Gasteiger partial charge in [-0.2, -0.15) is 0 Å². The van der Waals surface area contributed by atoms with Gasteiger partial charge < -0.3 is 10.3 Å². The molecule has 4 rings (SSSR count). The summed E-state index contributed by atoms with van der Waals surface area (Å²) in [6, 6.07) is 19.9. The highest BCUT2D eigenvalue weighted by atomic mass is 35.5. The van der Waals surface area contributed by atoms with Gasteiger partial charge in [-0.1, -0.05) is 47.5 Å². The Hall–Kier alpha value is -2.49. The number of halogens is 2. The number of hydrogen-bond acceptors (Lipinski definition) is 1. The molecule has 0 spiro atoms. The molecule has 25 heavy (non-hydrogen) atoms. The molecule has 2 N–H and O–H groups in total. The fraction of sp³-hybridized carbons (Fsp3) is 0.0500. The minimum atomic E-state index is -0.460. The number of carbonyl (C=O) groups excluding carboxylic acids is 1. The topological polar surface area (TPSA) is 48.0 Å². The van der Waals surface area contributed by atoms with Crippen LogP contribution in [-0.4, -0.2) is 10.5 Å². The average molecular weight is 368 g/mol. The molecule has 123 valence electrons. The van der Waals surface area contributed by atoms with Crippen molar-refractivity contribution >= 4 is 50.9 Å². The fourth-order valence-corrected chi connectivity index (χ4v) is 3.74. The molecular formula is C20H13Cl2N2O. The lowest BCUT2D eigenvalue weighted by Gasteiger charge is -2.11. The molecule has 0 fully saturated rings. The Labute approximate surface area is 154 Å². The highest BCUT2D eigenvalue weighted by Gasteiger charge is 2.17. The van der Waals surface area contributed by atoms with E-state index in [2.05, 4.69) is 10.6 Å². The smallest absolute Gasteiger partial charge is 0.249 e. The van der Waals surface area contributed by atoms with Gasteiger partial charge in [0.2, 0.25) is 5.91 Å². The van der Waals surface area contributed by atoms with Crippen LogP contribution in [0, 0.1) is 6.07 Å². The van der Waals surface area contributed by atoms with Crippen molar-refractivity contribution in [3.05, 3.63) is 81.8 Å². The maximum absolute atomic E-state index is 11.9. The fourth-order valence-electron chi connectivity index (χ4n) is 3.23. The van der Waals surface area contributed by atoms with Gasteiger partial charge in [-0.05, 0) is 36.4 Å². The van der Waals surface area contributed by atoms with Gasteiger partial charge in [-0.3, -0.25) is 4.79 Å². The molecule has 1 amide bonds. The van der Waals surface area contributed by atoms with Crippen LogP contribution in [0.5, 0.6) is 0 Å². The van der Waals surface area contributed by atoms with Gasteiger partial charge in [-0.25, -0.2) is 0 Å². The number of hydrogen-bond donors (Lipinski definition) is 1. The Morgan fingerprint density at radius 1 is 1.00 bits per heavy atom. The lowest BCUT2D eigenvalue weighted by molar-refractivity contribution is 0.100. The number of primary amides is 1. The first-order valence-electron chi connectivity index (χ1n) is 7.72. The summed E-state index contributed by atoms with van der Waals surface area (Å²) >= 11 is 12.7. The van der Waals surface area contributed by atoms with E-state index in [1.54, 1.807) is 6.07 Å². The summed E-state index contributed by atoms with van der Waals surface area (Å²) in [7, 11) is 0. The van der Waals surface area contributed by atoms with Crippen molar-refractivity contribution in [3.63, 3.8) is 0 Å². The Morgan fingerprint density at radius 2 is 1.68 bits per heavy atom. The largest absolute Gasteiger partial charge is 0.366 e. The lowest BCUT2D eigenvalue weighted by atomic mass is 10.1. The van der Waals surface area contributed by atoms with E-state index >= 15 is 0 Å². The molecule has 0 saturated heterocycles. The summed E-state index contributed by atoms with van der Waals surface area (Å²) in [5.74, 6) is -0.460. The van der Waals surface area contributed by atoms with E-state index in [0.717, 1.165) is 27.4 Å². The van der Waals surface area contributed by atoms with Crippen molar-refractivity contribution < 1.29 is 4.79 Å². The van der Waals surface area contributed by atoms with E-state index in [1.807, 2.05) is 48.5 Å². The van der Waals surface area contributed by atoms with E-state index < -0.39 is 5.91 Å². The highest BCUT2D eigenvalue weighted by Crippen LogP contribution is 2.34. The van der Waals surface area contributed by atoms with E-state index in [9.17, 15) is 4.79 Å². The van der Waals surface area contributed by atoms with Crippen molar-refractivity contribution in [2.45, 2.75) is 6.54 Å². The zero-order chi connectivity index (χ0) is 17.6. The molecular weight excluding hydrogens is 355 g/mol. The van der Waals surface area contributed by atoms with Crippen LogP contribution in [0.3, 0.4) is 0 Å². The highest BCUT2D eigenvalue weighted by molar-refractivity contribution is 6.36. The first kappa shape index (κ1) is 16.0. The zero-order valence-corrected chi connectivity index (χ0v) is 14.6. The second kappa shape index (κ2) is 6.10. The Bertz CT molecular complexity index is 1110. The van der Waals surface area contributed by atoms with Crippen LogP contribution in [0.2, 0.25) is 10.0 Å². The maximum atomic E-state index is 11.9. The van der Waals surface area contributed by atoms with Gasteiger partial charge in [-0.15, -0.1) is 0 Å². The predicted octanol–water partition coefficient (Wildman–Crippen LogP) is 5.05. The number of rotatable bonds is 3. The molecule has 0 aliphatic rings. The molecule has 0 saturated carbocycles. The van der Waals surface area contributed by atoms with Crippen LogP contribution in [0.15, 0.2) is 54.6 Å². The molecule has 0 unspecified atom stereocenters. The zero-order valence-electron chi connectivity index (χ0n) is 13.1. The molecule has 1 heterocycles. The predicted molar refractivity (Wildman–Crippen MR) is 102 cm³/mol. The monoisotopic (exact) mass is 367 g/mol. The molecule has 0 bridgehead atoms. The molecule has 5 heteroatoms. The SMILES string of the molecule is NC(=O)c1cccc2c1c1[c]cccc1n2Cc1c(Cl)cccc1Cl. The summed E-state index contributed by atoms with van der Waals surface area (Å²) in [5.41, 5.74) is 8.73. The normalized spacial score (nSPS) is 11.3. The van der Waals surface area contributed by atoms with Gasteiger partial charge in [0.1, 0.15) is 0 Å². The van der Waals surface area contributed by atoms with Crippen molar-refractivity contribution in [3.8, 4) is 0 Å². The van der Waals surface area contributed by atoms with Crippen LogP contribution in [0.1, 0.15) is 15.9 Å². The quantitative estimate of drug-likeness (QED) is 0.541. The van der Waals surface area contributed by atoms with Crippen molar-refractivity contribution in [1.82, 2.24) is 4.57 Å². The number of aromatic nitrogens is 1. The van der Waals surface area contributed by atoms with Crippen LogP contribution >= 0.6 is 23.2 Å². The first-order valence-corrected chi connectivity index (χ1v) is 8.48. The summed E-state index contributed by atoms with van der Waals surface area (Å²) < 4.78 is 2.08. The van der Waals surface area contributed by atoms with Gasteiger partial charge in [0.25, 0.3) is 0 Å². The van der Waals surface area contributed by atoms with E-state index in [4.69, 9.17) is 28.9 Å². The molecule has 0 aliphatic carbocycles. The molecule has 3 aromatic carbocycles. The Morgan fingerprint density at radius 3 is 2.40 bits per heavy atom. The number of carbonyl (C=O) groups is 1. The van der Waals surface area contributed by atoms with E-state index in [1.165, 1.54) is 0 Å². The molecule has 4 aromatic rings. The van der Waals surface area contributed by atoms with Gasteiger partial charge in [0.15, 0.2) is 0 Å². The van der Waals surface area contributed by atoms with Gasteiger partial charge in [0, 0.05) is 31.9 Å². The second-order valence-electron chi connectivity index (χ2n) is 5.78. The number of fused-ring (bicyclic) bond motifs is 3. The average Bonchev–Trinajstić information content (AvgIpc) is 2.92. The van der Waals surface area contributed by atoms with Crippen molar-refractivity contribution in [2.24, 2.45) is 5.73 Å². The molecule has 0 aliphatic heterocycles. The van der Waals surface area contributed by atoms with Crippen LogP contribution < -0.4 is 5.73 Å². The first-order chi connectivity index (χ1) is 12.1. The van der Waals surface area contributed by atoms with Gasteiger partial charge >= 0.3 is 0 Å². The third-order valence-corrected chi connectivity index (χ3v) is 5.06. The number of nitrogens with two attached hydrogens (primary N) is 1. The maximum Gasteiger partial charge on any atom is 0.249 e. The second-order valence-corrected chi connectivity index (χ2v) is 6.60. The molecule has 0 atom stereocenters. The third-order valence-electron chi connectivity index (χ3n) is 4.35. The molecule has 1 aromatic heterocycles. The number of benzene rings is 3. The number of amides is 1. The Kier molecular flexibility index (Phi) is 3.91. The summed E-state index contributed by atoms with van der Waals surface area (Å²) in [5, 5.41) is 2.87. The third kappa shape index (κ3) is 2.56. The summed E-state index contributed by atoms with van der Waals surface area (Å²) in [6.07, 6.45) is 0. The lowest BCUT2D eigenvalue weighted by Crippen LogP contribution is -2.11. The van der Waals surface area contributed by atoms with Gasteiger partial charge in [0.05, 0.1) is 17.6 Å². The molecule has 3 nitrogen and oxygen atoms in total. The standard InChI is InChI=1S/C20H13Cl2N2O/c21-15-7-4-8-16(22)14(15)11-24-17-9-2-1-5-12(17)19-13(20(23)25)6-3-10-18(19)24/h1-4,6-10H,11H2,(H2,23,25). The van der Waals surface area contributed by atoms with Crippen LogP contribution in [-0.2, 0) is 6.54 Å². The number of nitrogens with zero attached hydrogens (tertiary/aromatic N) is 1.